The lowest BCUT2D eigenvalue weighted by Crippen LogP contribution is -2.55. The molecule has 0 aliphatic carbocycles. The number of hydrogen-bond acceptors (Lipinski definition) is 4. The van der Waals surface area contributed by atoms with Crippen molar-refractivity contribution >= 4 is 11.6 Å². The molecule has 0 radical (unpaired) electrons. The fourth-order valence-electron chi connectivity index (χ4n) is 3.10. The first-order chi connectivity index (χ1) is 12.6. The van der Waals surface area contributed by atoms with Gasteiger partial charge in [-0.3, -0.25) is 9.59 Å². The van der Waals surface area contributed by atoms with Crippen molar-refractivity contribution in [2.45, 2.75) is 44.1 Å². The smallest absolute Gasteiger partial charge is 0.190 e. The van der Waals surface area contributed by atoms with Crippen LogP contribution in [0.5, 0.6) is 0 Å². The van der Waals surface area contributed by atoms with Gasteiger partial charge in [0.25, 0.3) is 0 Å². The molecule has 0 atom stereocenters. The van der Waals surface area contributed by atoms with Gasteiger partial charge in [0.15, 0.2) is 11.6 Å². The lowest BCUT2D eigenvalue weighted by atomic mass is 9.79. The largest absolute Gasteiger partial charge is 0.330 e. The highest BCUT2D eigenvalue weighted by Gasteiger charge is 2.41. The summed E-state index contributed by atoms with van der Waals surface area (Å²) in [5, 5.41) is 0. The molecule has 0 fully saturated rings. The summed E-state index contributed by atoms with van der Waals surface area (Å²) in [6, 6.07) is 17.7. The molecular formula is C22H28N2O2. The number of benzene rings is 2. The van der Waals surface area contributed by atoms with Crippen LogP contribution in [0.15, 0.2) is 60.7 Å². The van der Waals surface area contributed by atoms with Crippen LogP contribution in [0.3, 0.4) is 0 Å². The highest BCUT2D eigenvalue weighted by atomic mass is 16.2. The first-order valence-corrected chi connectivity index (χ1v) is 9.28. The van der Waals surface area contributed by atoms with Crippen molar-refractivity contribution < 1.29 is 9.59 Å². The molecule has 26 heavy (non-hydrogen) atoms. The first-order valence-electron chi connectivity index (χ1n) is 9.28. The number of carbonyl (C=O) groups excluding carboxylic acids is 2. The second-order valence-corrected chi connectivity index (χ2v) is 6.67. The third-order valence-electron chi connectivity index (χ3n) is 4.66. The van der Waals surface area contributed by atoms with E-state index in [0.717, 1.165) is 32.1 Å². The zero-order valence-corrected chi connectivity index (χ0v) is 15.2. The van der Waals surface area contributed by atoms with E-state index in [1.165, 1.54) is 0 Å². The topological polar surface area (TPSA) is 86.2 Å². The van der Waals surface area contributed by atoms with Gasteiger partial charge < -0.3 is 11.5 Å². The summed E-state index contributed by atoms with van der Waals surface area (Å²) in [4.78, 5) is 26.2. The van der Waals surface area contributed by atoms with Crippen LogP contribution in [0.2, 0.25) is 0 Å². The Morgan fingerprint density at radius 1 is 0.692 bits per heavy atom. The van der Waals surface area contributed by atoms with Crippen molar-refractivity contribution in [2.24, 2.45) is 11.5 Å². The molecule has 0 bridgehead atoms. The van der Waals surface area contributed by atoms with Crippen LogP contribution in [0.4, 0.5) is 0 Å². The van der Waals surface area contributed by atoms with Gasteiger partial charge in [0, 0.05) is 11.1 Å². The van der Waals surface area contributed by atoms with E-state index in [1.807, 2.05) is 12.1 Å². The van der Waals surface area contributed by atoms with Crippen LogP contribution in [-0.2, 0) is 0 Å². The Hall–Kier alpha value is -2.30. The average molecular weight is 352 g/mol. The number of nitrogens with two attached hydrogens (primary N) is 2. The Morgan fingerprint density at radius 3 is 1.58 bits per heavy atom. The average Bonchev–Trinajstić information content (AvgIpc) is 2.70. The van der Waals surface area contributed by atoms with Crippen molar-refractivity contribution in [1.82, 2.24) is 0 Å². The van der Waals surface area contributed by atoms with Crippen LogP contribution < -0.4 is 11.5 Å². The molecule has 0 heterocycles. The van der Waals surface area contributed by atoms with Crippen LogP contribution in [0, 0.1) is 0 Å². The highest BCUT2D eigenvalue weighted by Crippen LogP contribution is 2.24. The van der Waals surface area contributed by atoms with Crippen LogP contribution >= 0.6 is 0 Å². The molecule has 138 valence electrons. The van der Waals surface area contributed by atoms with E-state index in [1.54, 1.807) is 48.5 Å². The van der Waals surface area contributed by atoms with E-state index in [4.69, 9.17) is 11.5 Å². The fraction of sp³-hybridized carbons (Fsp3) is 0.364. The van der Waals surface area contributed by atoms with Crippen molar-refractivity contribution in [3.05, 3.63) is 71.8 Å². The van der Waals surface area contributed by atoms with Gasteiger partial charge in [-0.25, -0.2) is 0 Å². The Labute approximate surface area is 155 Å². The molecule has 4 nitrogen and oxygen atoms in total. The second-order valence-electron chi connectivity index (χ2n) is 6.67. The van der Waals surface area contributed by atoms with Crippen LogP contribution in [-0.4, -0.2) is 23.7 Å². The highest BCUT2D eigenvalue weighted by molar-refractivity contribution is 6.23. The number of unbranched alkanes of at least 4 members (excludes halogenated alkanes) is 4. The number of ketones is 2. The van der Waals surface area contributed by atoms with Crippen molar-refractivity contribution in [1.29, 1.82) is 0 Å². The Kier molecular flexibility index (Phi) is 7.70. The zero-order chi connectivity index (χ0) is 18.8. The van der Waals surface area contributed by atoms with Gasteiger partial charge in [-0.05, 0) is 19.4 Å². The fourth-order valence-corrected chi connectivity index (χ4v) is 3.10. The maximum atomic E-state index is 13.1. The van der Waals surface area contributed by atoms with Gasteiger partial charge in [0.05, 0.1) is 0 Å². The molecule has 0 amide bonds. The summed E-state index contributed by atoms with van der Waals surface area (Å²) < 4.78 is 0. The molecule has 0 saturated carbocycles. The van der Waals surface area contributed by atoms with E-state index in [0.29, 0.717) is 24.1 Å². The summed E-state index contributed by atoms with van der Waals surface area (Å²) in [6.45, 7) is 0.694. The van der Waals surface area contributed by atoms with E-state index in [-0.39, 0.29) is 11.6 Å². The van der Waals surface area contributed by atoms with Crippen molar-refractivity contribution in [3.63, 3.8) is 0 Å². The van der Waals surface area contributed by atoms with E-state index in [9.17, 15) is 9.59 Å². The summed E-state index contributed by atoms with van der Waals surface area (Å²) >= 11 is 0. The molecule has 0 unspecified atom stereocenters. The summed E-state index contributed by atoms with van der Waals surface area (Å²) in [5.41, 5.74) is 11.4. The van der Waals surface area contributed by atoms with Gasteiger partial charge in [-0.2, -0.15) is 0 Å². The van der Waals surface area contributed by atoms with Gasteiger partial charge >= 0.3 is 0 Å². The number of Topliss-reactive ketones (excluding diaryl/α,β-unsaturated/α-hetero) is 2. The maximum Gasteiger partial charge on any atom is 0.190 e. The number of carbonyl (C=O) groups is 2. The molecule has 0 aromatic heterocycles. The Balaban J connectivity index is 2.17. The molecule has 2 aromatic carbocycles. The molecular weight excluding hydrogens is 324 g/mol. The van der Waals surface area contributed by atoms with Crippen molar-refractivity contribution in [3.8, 4) is 0 Å². The second kappa shape index (κ2) is 10.00. The van der Waals surface area contributed by atoms with Gasteiger partial charge in [0.2, 0.25) is 0 Å². The van der Waals surface area contributed by atoms with E-state index >= 15 is 0 Å². The van der Waals surface area contributed by atoms with Gasteiger partial charge in [0.1, 0.15) is 5.54 Å². The monoisotopic (exact) mass is 352 g/mol. The van der Waals surface area contributed by atoms with Crippen molar-refractivity contribution in [2.75, 3.05) is 6.54 Å². The van der Waals surface area contributed by atoms with Crippen LogP contribution in [0.1, 0.15) is 59.2 Å². The minimum absolute atomic E-state index is 0.311. The minimum Gasteiger partial charge on any atom is -0.330 e. The molecule has 2 rings (SSSR count). The molecule has 4 heteroatoms. The summed E-state index contributed by atoms with van der Waals surface area (Å²) in [7, 11) is 0. The lowest BCUT2D eigenvalue weighted by molar-refractivity contribution is 0.0755. The molecule has 0 spiro atoms. The normalized spacial score (nSPS) is 11.3. The third-order valence-corrected chi connectivity index (χ3v) is 4.66. The van der Waals surface area contributed by atoms with Crippen LogP contribution in [0.25, 0.3) is 0 Å². The lowest BCUT2D eigenvalue weighted by Gasteiger charge is -2.27. The van der Waals surface area contributed by atoms with Gasteiger partial charge in [-0.15, -0.1) is 0 Å². The SMILES string of the molecule is NCCCCCCCC(N)(C(=O)c1ccccc1)C(=O)c1ccccc1. The predicted molar refractivity (Wildman–Crippen MR) is 105 cm³/mol. The van der Waals surface area contributed by atoms with E-state index in [2.05, 4.69) is 0 Å². The zero-order valence-electron chi connectivity index (χ0n) is 15.2. The van der Waals surface area contributed by atoms with E-state index < -0.39 is 5.54 Å². The van der Waals surface area contributed by atoms with Gasteiger partial charge in [-0.1, -0.05) is 86.3 Å². The quantitative estimate of drug-likeness (QED) is 0.366. The molecule has 4 N–H and O–H groups in total. The molecule has 0 saturated heterocycles. The molecule has 0 aliphatic rings. The molecule has 0 aliphatic heterocycles. The summed E-state index contributed by atoms with van der Waals surface area (Å²) in [6.07, 6.45) is 5.11. The predicted octanol–water partition coefficient (Wildman–Crippen LogP) is 3.75. The Bertz CT molecular complexity index is 647. The maximum absolute atomic E-state index is 13.1. The number of rotatable bonds is 11. The third kappa shape index (κ3) is 5.10. The standard InChI is InChI=1S/C22H28N2O2/c23-17-11-3-1-2-10-16-22(24,20(25)18-12-6-4-7-13-18)21(26)19-14-8-5-9-15-19/h4-9,12-15H,1-3,10-11,16-17,23-24H2. The number of hydrogen-bond donors (Lipinski definition) is 2. The Morgan fingerprint density at radius 2 is 1.12 bits per heavy atom. The minimum atomic E-state index is -1.53. The summed E-state index contributed by atoms with van der Waals surface area (Å²) in [5.74, 6) is -0.622. The first kappa shape index (κ1) is 20.0. The molecule has 2 aromatic rings.